The van der Waals surface area contributed by atoms with Crippen molar-refractivity contribution in [2.24, 2.45) is 0 Å². The van der Waals surface area contributed by atoms with Gasteiger partial charge in [-0.2, -0.15) is 11.8 Å². The maximum Gasteiger partial charge on any atom is 0.223 e. The van der Waals surface area contributed by atoms with E-state index in [-0.39, 0.29) is 5.91 Å². The van der Waals surface area contributed by atoms with Crippen molar-refractivity contribution in [3.63, 3.8) is 0 Å². The first-order chi connectivity index (χ1) is 6.22. The standard InChI is InChI=1S/C6H9N3OS3/c1-4(10)7-5-8-9-6(13-5)12-3-11-2/h3H2,1-2H3,(H,7,8,10). The quantitative estimate of drug-likeness (QED) is 0.491. The molecule has 0 aliphatic carbocycles. The van der Waals surface area contributed by atoms with Crippen LogP contribution in [-0.4, -0.2) is 27.4 Å². The van der Waals surface area contributed by atoms with Gasteiger partial charge in [0.15, 0.2) is 4.34 Å². The predicted molar refractivity (Wildman–Crippen MR) is 58.5 cm³/mol. The van der Waals surface area contributed by atoms with E-state index in [1.165, 1.54) is 18.3 Å². The maximum atomic E-state index is 10.7. The van der Waals surface area contributed by atoms with Gasteiger partial charge in [-0.15, -0.1) is 10.2 Å². The highest BCUT2D eigenvalue weighted by Crippen LogP contribution is 2.27. The molecule has 7 heteroatoms. The molecule has 0 aromatic carbocycles. The molecule has 1 heterocycles. The molecule has 1 aromatic heterocycles. The van der Waals surface area contributed by atoms with E-state index in [9.17, 15) is 4.79 Å². The van der Waals surface area contributed by atoms with Gasteiger partial charge in [0.25, 0.3) is 0 Å². The third-order valence-corrected chi connectivity index (χ3v) is 3.97. The van der Waals surface area contributed by atoms with Gasteiger partial charge in [0.2, 0.25) is 11.0 Å². The Morgan fingerprint density at radius 1 is 1.62 bits per heavy atom. The average molecular weight is 235 g/mol. The highest BCUT2D eigenvalue weighted by molar-refractivity contribution is 8.16. The molecule has 1 aromatic rings. The van der Waals surface area contributed by atoms with Crippen molar-refractivity contribution in [2.45, 2.75) is 11.3 Å². The van der Waals surface area contributed by atoms with Gasteiger partial charge in [-0.1, -0.05) is 23.1 Å². The first-order valence-electron chi connectivity index (χ1n) is 3.45. The summed E-state index contributed by atoms with van der Waals surface area (Å²) in [4.78, 5) is 10.7. The summed E-state index contributed by atoms with van der Waals surface area (Å²) in [5, 5.41) is 11.8. The van der Waals surface area contributed by atoms with Gasteiger partial charge in [0.05, 0.1) is 0 Å². The summed E-state index contributed by atoms with van der Waals surface area (Å²) >= 11 is 4.76. The van der Waals surface area contributed by atoms with Crippen molar-refractivity contribution in [2.75, 3.05) is 16.7 Å². The van der Waals surface area contributed by atoms with Crippen molar-refractivity contribution in [1.29, 1.82) is 0 Å². The zero-order chi connectivity index (χ0) is 9.68. The Hall–Kier alpha value is -0.270. The van der Waals surface area contributed by atoms with Crippen molar-refractivity contribution >= 4 is 45.9 Å². The van der Waals surface area contributed by atoms with Crippen LogP contribution >= 0.6 is 34.9 Å². The summed E-state index contributed by atoms with van der Waals surface area (Å²) in [6, 6.07) is 0. The summed E-state index contributed by atoms with van der Waals surface area (Å²) in [5.41, 5.74) is 0. The molecule has 0 atom stereocenters. The minimum atomic E-state index is -0.113. The zero-order valence-electron chi connectivity index (χ0n) is 7.23. The fourth-order valence-corrected chi connectivity index (χ4v) is 2.98. The number of thioether (sulfide) groups is 2. The maximum absolute atomic E-state index is 10.7. The molecule has 0 saturated carbocycles. The van der Waals surface area contributed by atoms with Crippen LogP contribution in [0.4, 0.5) is 5.13 Å². The number of nitrogens with one attached hydrogen (secondary N) is 1. The van der Waals surface area contributed by atoms with Gasteiger partial charge >= 0.3 is 0 Å². The average Bonchev–Trinajstić information content (AvgIpc) is 2.48. The van der Waals surface area contributed by atoms with Crippen molar-refractivity contribution in [1.82, 2.24) is 10.2 Å². The molecule has 0 aliphatic rings. The van der Waals surface area contributed by atoms with Gasteiger partial charge < -0.3 is 5.32 Å². The van der Waals surface area contributed by atoms with Crippen LogP contribution in [0.3, 0.4) is 0 Å². The molecule has 72 valence electrons. The Morgan fingerprint density at radius 2 is 2.38 bits per heavy atom. The van der Waals surface area contributed by atoms with E-state index in [1.54, 1.807) is 23.5 Å². The zero-order valence-corrected chi connectivity index (χ0v) is 9.68. The largest absolute Gasteiger partial charge is 0.301 e. The van der Waals surface area contributed by atoms with Gasteiger partial charge in [-0.25, -0.2) is 0 Å². The second kappa shape index (κ2) is 5.46. The van der Waals surface area contributed by atoms with Crippen molar-refractivity contribution in [3.05, 3.63) is 0 Å². The SMILES string of the molecule is CSCSc1nnc(NC(C)=O)s1. The van der Waals surface area contributed by atoms with E-state index in [2.05, 4.69) is 15.5 Å². The highest BCUT2D eigenvalue weighted by atomic mass is 32.2. The molecule has 0 spiro atoms. The van der Waals surface area contributed by atoms with Crippen molar-refractivity contribution in [3.8, 4) is 0 Å². The number of nitrogens with zero attached hydrogens (tertiary/aromatic N) is 2. The summed E-state index contributed by atoms with van der Waals surface area (Å²) in [7, 11) is 0. The minimum absolute atomic E-state index is 0.113. The van der Waals surface area contributed by atoms with E-state index in [0.717, 1.165) is 9.42 Å². The second-order valence-corrected chi connectivity index (χ2v) is 5.54. The molecule has 0 aliphatic heterocycles. The molecule has 0 bridgehead atoms. The molecule has 1 N–H and O–H groups in total. The normalized spacial score (nSPS) is 10.0. The number of amides is 1. The lowest BCUT2D eigenvalue weighted by Gasteiger charge is -1.91. The van der Waals surface area contributed by atoms with Crippen LogP contribution in [0, 0.1) is 0 Å². The lowest BCUT2D eigenvalue weighted by Crippen LogP contribution is -2.04. The minimum Gasteiger partial charge on any atom is -0.301 e. The number of carbonyl (C=O) groups excluding carboxylic acids is 1. The fraction of sp³-hybridized carbons (Fsp3) is 0.500. The molecule has 0 unspecified atom stereocenters. The summed E-state index contributed by atoms with van der Waals surface area (Å²) in [5.74, 6) is -0.113. The van der Waals surface area contributed by atoms with E-state index in [0.29, 0.717) is 5.13 Å². The van der Waals surface area contributed by atoms with Crippen LogP contribution < -0.4 is 5.32 Å². The second-order valence-electron chi connectivity index (χ2n) is 2.11. The lowest BCUT2D eigenvalue weighted by molar-refractivity contribution is -0.114. The third kappa shape index (κ3) is 3.97. The number of hydrogen-bond donors (Lipinski definition) is 1. The van der Waals surface area contributed by atoms with Crippen LogP contribution in [0.1, 0.15) is 6.92 Å². The van der Waals surface area contributed by atoms with Crippen molar-refractivity contribution < 1.29 is 4.79 Å². The molecule has 0 saturated heterocycles. The fourth-order valence-electron chi connectivity index (χ4n) is 0.579. The molecule has 4 nitrogen and oxygen atoms in total. The summed E-state index contributed by atoms with van der Waals surface area (Å²) < 4.78 is 0.887. The van der Waals surface area contributed by atoms with Crippen LogP contribution in [0.15, 0.2) is 4.34 Å². The van der Waals surface area contributed by atoms with Crippen LogP contribution in [0.2, 0.25) is 0 Å². The number of aromatic nitrogens is 2. The molecule has 1 rings (SSSR count). The Labute approximate surface area is 88.9 Å². The Kier molecular flexibility index (Phi) is 4.54. The Balaban J connectivity index is 2.48. The number of rotatable bonds is 4. The highest BCUT2D eigenvalue weighted by Gasteiger charge is 2.04. The first kappa shape index (κ1) is 10.8. The van der Waals surface area contributed by atoms with E-state index in [1.807, 2.05) is 6.26 Å². The van der Waals surface area contributed by atoms with E-state index < -0.39 is 0 Å². The summed E-state index contributed by atoms with van der Waals surface area (Å²) in [6.07, 6.45) is 2.03. The number of carbonyl (C=O) groups is 1. The molecule has 1 amide bonds. The number of anilines is 1. The van der Waals surface area contributed by atoms with Gasteiger partial charge in [0.1, 0.15) is 0 Å². The molecule has 0 radical (unpaired) electrons. The lowest BCUT2D eigenvalue weighted by atomic mass is 10.7. The molecular weight excluding hydrogens is 226 g/mol. The van der Waals surface area contributed by atoms with Crippen LogP contribution in [-0.2, 0) is 4.79 Å². The van der Waals surface area contributed by atoms with Gasteiger partial charge in [-0.05, 0) is 6.26 Å². The smallest absolute Gasteiger partial charge is 0.223 e. The number of hydrogen-bond acceptors (Lipinski definition) is 6. The first-order valence-corrected chi connectivity index (χ1v) is 6.65. The topological polar surface area (TPSA) is 54.9 Å². The van der Waals surface area contributed by atoms with E-state index >= 15 is 0 Å². The van der Waals surface area contributed by atoms with Crippen LogP contribution in [0.25, 0.3) is 0 Å². The van der Waals surface area contributed by atoms with Crippen LogP contribution in [0.5, 0.6) is 0 Å². The van der Waals surface area contributed by atoms with Gasteiger partial charge in [0, 0.05) is 12.0 Å². The molecule has 0 fully saturated rings. The summed E-state index contributed by atoms with van der Waals surface area (Å²) in [6.45, 7) is 1.45. The van der Waals surface area contributed by atoms with Gasteiger partial charge in [-0.3, -0.25) is 4.79 Å². The predicted octanol–water partition coefficient (Wildman–Crippen LogP) is 1.91. The Bertz CT molecular complexity index is 288. The molecule has 13 heavy (non-hydrogen) atoms. The van der Waals surface area contributed by atoms with E-state index in [4.69, 9.17) is 0 Å². The third-order valence-electron chi connectivity index (χ3n) is 0.990. The Morgan fingerprint density at radius 3 is 3.00 bits per heavy atom. The monoisotopic (exact) mass is 235 g/mol. The molecular formula is C6H9N3OS3.